The van der Waals surface area contributed by atoms with E-state index in [-0.39, 0.29) is 6.04 Å². The van der Waals surface area contributed by atoms with Crippen LogP contribution in [-0.4, -0.2) is 36.8 Å². The van der Waals surface area contributed by atoms with Gasteiger partial charge >= 0.3 is 0 Å². The molecule has 1 saturated heterocycles. The SMILES string of the molecule is CCC(CC(N)=S)NS(=O)(=O)N1CCCCCC1. The fraction of sp³-hybridized carbons (Fsp3) is 0.909. The summed E-state index contributed by atoms with van der Waals surface area (Å²) in [5.74, 6) is 0. The Morgan fingerprint density at radius 1 is 1.33 bits per heavy atom. The Hall–Kier alpha value is -0.240. The molecule has 0 aromatic heterocycles. The quantitative estimate of drug-likeness (QED) is 0.720. The molecule has 1 heterocycles. The number of hydrogen-bond acceptors (Lipinski definition) is 3. The largest absolute Gasteiger partial charge is 0.393 e. The van der Waals surface area contributed by atoms with Crippen molar-refractivity contribution in [3.63, 3.8) is 0 Å². The van der Waals surface area contributed by atoms with Crippen molar-refractivity contribution in [2.24, 2.45) is 5.73 Å². The van der Waals surface area contributed by atoms with Crippen LogP contribution in [0.4, 0.5) is 0 Å². The molecule has 1 aliphatic rings. The summed E-state index contributed by atoms with van der Waals surface area (Å²) in [4.78, 5) is 0.348. The number of nitrogens with zero attached hydrogens (tertiary/aromatic N) is 1. The lowest BCUT2D eigenvalue weighted by Gasteiger charge is -2.24. The van der Waals surface area contributed by atoms with E-state index < -0.39 is 10.2 Å². The van der Waals surface area contributed by atoms with Gasteiger partial charge in [-0.3, -0.25) is 0 Å². The highest BCUT2D eigenvalue weighted by Crippen LogP contribution is 2.13. The molecule has 0 radical (unpaired) electrons. The normalized spacial score (nSPS) is 20.3. The monoisotopic (exact) mass is 293 g/mol. The fourth-order valence-corrected chi connectivity index (χ4v) is 3.84. The van der Waals surface area contributed by atoms with Gasteiger partial charge in [-0.05, 0) is 19.3 Å². The van der Waals surface area contributed by atoms with Crippen LogP contribution in [0.25, 0.3) is 0 Å². The molecule has 1 fully saturated rings. The Balaban J connectivity index is 2.63. The summed E-state index contributed by atoms with van der Waals surface area (Å²) in [6.45, 7) is 3.14. The van der Waals surface area contributed by atoms with Gasteiger partial charge in [0, 0.05) is 25.6 Å². The number of hydrogen-bond donors (Lipinski definition) is 2. The van der Waals surface area contributed by atoms with E-state index >= 15 is 0 Å². The van der Waals surface area contributed by atoms with Crippen LogP contribution >= 0.6 is 12.2 Å². The summed E-state index contributed by atoms with van der Waals surface area (Å²) in [5, 5.41) is 0. The van der Waals surface area contributed by atoms with Crippen LogP contribution < -0.4 is 10.5 Å². The molecule has 7 heteroatoms. The Bertz CT molecular complexity index is 362. The Morgan fingerprint density at radius 2 is 1.89 bits per heavy atom. The van der Waals surface area contributed by atoms with Crippen LogP contribution in [0.5, 0.6) is 0 Å². The standard InChI is InChI=1S/C11H23N3O2S2/c1-2-10(9-11(12)17)13-18(15,16)14-7-5-3-4-6-8-14/h10,13H,2-9H2,1H3,(H2,12,17). The smallest absolute Gasteiger partial charge is 0.279 e. The minimum Gasteiger partial charge on any atom is -0.393 e. The molecule has 0 aromatic carbocycles. The van der Waals surface area contributed by atoms with Crippen LogP contribution in [-0.2, 0) is 10.2 Å². The summed E-state index contributed by atoms with van der Waals surface area (Å²) in [7, 11) is -3.40. The maximum absolute atomic E-state index is 12.2. The van der Waals surface area contributed by atoms with Crippen molar-refractivity contribution in [3.05, 3.63) is 0 Å². The molecule has 5 nitrogen and oxygen atoms in total. The molecule has 0 aromatic rings. The van der Waals surface area contributed by atoms with Gasteiger partial charge in [-0.25, -0.2) is 0 Å². The lowest BCUT2D eigenvalue weighted by molar-refractivity contribution is 0.406. The van der Waals surface area contributed by atoms with Crippen molar-refractivity contribution in [2.45, 2.75) is 51.5 Å². The molecule has 1 unspecified atom stereocenters. The van der Waals surface area contributed by atoms with E-state index in [9.17, 15) is 8.42 Å². The number of nitrogens with two attached hydrogens (primary N) is 1. The molecule has 1 rings (SSSR count). The second-order valence-corrected chi connectivity index (χ2v) is 6.94. The van der Waals surface area contributed by atoms with Gasteiger partial charge < -0.3 is 5.73 Å². The van der Waals surface area contributed by atoms with Crippen molar-refractivity contribution in [1.82, 2.24) is 9.03 Å². The van der Waals surface area contributed by atoms with Gasteiger partial charge in [0.25, 0.3) is 10.2 Å². The molecule has 0 bridgehead atoms. The summed E-state index contributed by atoms with van der Waals surface area (Å²) < 4.78 is 28.7. The second kappa shape index (κ2) is 7.37. The molecule has 0 aliphatic carbocycles. The van der Waals surface area contributed by atoms with Gasteiger partial charge in [-0.1, -0.05) is 32.0 Å². The zero-order valence-corrected chi connectivity index (χ0v) is 12.5. The molecule has 1 aliphatic heterocycles. The van der Waals surface area contributed by atoms with E-state index in [4.69, 9.17) is 18.0 Å². The average Bonchev–Trinajstić information content (AvgIpc) is 2.56. The minimum absolute atomic E-state index is 0.198. The Labute approximate surface area is 115 Å². The predicted octanol–water partition coefficient (Wildman–Crippen LogP) is 1.15. The Morgan fingerprint density at radius 3 is 2.33 bits per heavy atom. The first-order valence-electron chi connectivity index (χ1n) is 6.51. The van der Waals surface area contributed by atoms with Crippen LogP contribution in [0.2, 0.25) is 0 Å². The van der Waals surface area contributed by atoms with E-state index in [0.29, 0.717) is 30.9 Å². The van der Waals surface area contributed by atoms with E-state index in [2.05, 4.69) is 4.72 Å². The van der Waals surface area contributed by atoms with Crippen molar-refractivity contribution < 1.29 is 8.42 Å². The zero-order valence-electron chi connectivity index (χ0n) is 10.9. The van der Waals surface area contributed by atoms with Gasteiger partial charge in [0.2, 0.25) is 0 Å². The van der Waals surface area contributed by atoms with Gasteiger partial charge in [0.1, 0.15) is 0 Å². The summed E-state index contributed by atoms with van der Waals surface area (Å²) in [6.07, 6.45) is 5.19. The summed E-state index contributed by atoms with van der Waals surface area (Å²) in [5.41, 5.74) is 5.47. The van der Waals surface area contributed by atoms with E-state index in [0.717, 1.165) is 25.7 Å². The molecule has 0 spiro atoms. The number of rotatable bonds is 6. The number of nitrogens with one attached hydrogen (secondary N) is 1. The van der Waals surface area contributed by atoms with Crippen LogP contribution in [0.1, 0.15) is 45.4 Å². The van der Waals surface area contributed by atoms with Gasteiger partial charge in [-0.2, -0.15) is 17.4 Å². The minimum atomic E-state index is -3.40. The molecule has 0 saturated carbocycles. The first-order chi connectivity index (χ1) is 8.45. The van der Waals surface area contributed by atoms with Crippen molar-refractivity contribution in [3.8, 4) is 0 Å². The Kier molecular flexibility index (Phi) is 6.48. The molecular formula is C11H23N3O2S2. The highest BCUT2D eigenvalue weighted by atomic mass is 32.2. The predicted molar refractivity (Wildman–Crippen MR) is 77.6 cm³/mol. The molecule has 3 N–H and O–H groups in total. The van der Waals surface area contributed by atoms with Crippen LogP contribution in [0.15, 0.2) is 0 Å². The highest BCUT2D eigenvalue weighted by molar-refractivity contribution is 7.87. The lowest BCUT2D eigenvalue weighted by atomic mass is 10.2. The van der Waals surface area contributed by atoms with Gasteiger partial charge in [0.15, 0.2) is 0 Å². The zero-order chi connectivity index (χ0) is 13.6. The molecule has 106 valence electrons. The van der Waals surface area contributed by atoms with E-state index in [1.54, 1.807) is 4.31 Å². The average molecular weight is 293 g/mol. The van der Waals surface area contributed by atoms with Gasteiger partial charge in [0.05, 0.1) is 4.99 Å². The first-order valence-corrected chi connectivity index (χ1v) is 8.36. The maximum atomic E-state index is 12.2. The van der Waals surface area contributed by atoms with E-state index in [1.165, 1.54) is 0 Å². The maximum Gasteiger partial charge on any atom is 0.279 e. The third-order valence-electron chi connectivity index (χ3n) is 3.16. The lowest BCUT2D eigenvalue weighted by Crippen LogP contribution is -2.46. The van der Waals surface area contributed by atoms with Crippen molar-refractivity contribution in [1.29, 1.82) is 0 Å². The van der Waals surface area contributed by atoms with Crippen molar-refractivity contribution in [2.75, 3.05) is 13.1 Å². The van der Waals surface area contributed by atoms with Gasteiger partial charge in [-0.15, -0.1) is 0 Å². The third-order valence-corrected chi connectivity index (χ3v) is 5.00. The molecule has 18 heavy (non-hydrogen) atoms. The van der Waals surface area contributed by atoms with E-state index in [1.807, 2.05) is 6.92 Å². The van der Waals surface area contributed by atoms with Crippen LogP contribution in [0.3, 0.4) is 0 Å². The highest BCUT2D eigenvalue weighted by Gasteiger charge is 2.25. The fourth-order valence-electron chi connectivity index (χ4n) is 2.08. The first kappa shape index (κ1) is 15.8. The van der Waals surface area contributed by atoms with Crippen molar-refractivity contribution >= 4 is 27.4 Å². The topological polar surface area (TPSA) is 75.4 Å². The molecule has 0 amide bonds. The second-order valence-electron chi connectivity index (χ2n) is 4.71. The third kappa shape index (κ3) is 5.17. The number of thiocarbonyl (C=S) groups is 1. The molecule has 1 atom stereocenters. The summed E-state index contributed by atoms with van der Waals surface area (Å²) in [6, 6.07) is -0.198. The molecular weight excluding hydrogens is 270 g/mol. The van der Waals surface area contributed by atoms with Crippen LogP contribution in [0, 0.1) is 0 Å². The summed E-state index contributed by atoms with van der Waals surface area (Å²) >= 11 is 4.83.